The van der Waals surface area contributed by atoms with Crippen molar-refractivity contribution in [3.63, 3.8) is 0 Å². The smallest absolute Gasteiger partial charge is 0.213 e. The van der Waals surface area contributed by atoms with Crippen molar-refractivity contribution in [2.45, 2.75) is 25.6 Å². The quantitative estimate of drug-likeness (QED) is 0.330. The highest BCUT2D eigenvalue weighted by Gasteiger charge is 2.42. The summed E-state index contributed by atoms with van der Waals surface area (Å²) in [6, 6.07) is 20.1. The molecule has 2 atom stereocenters. The largest absolute Gasteiger partial charge is 0.494 e. The summed E-state index contributed by atoms with van der Waals surface area (Å²) < 4.78 is 14.0. The van der Waals surface area contributed by atoms with Gasteiger partial charge >= 0.3 is 0 Å². The van der Waals surface area contributed by atoms with Crippen LogP contribution in [0.3, 0.4) is 0 Å². The Labute approximate surface area is 203 Å². The summed E-state index contributed by atoms with van der Waals surface area (Å²) in [5.41, 5.74) is 4.22. The average molecular weight is 563 g/mol. The molecule has 7 heteroatoms. The van der Waals surface area contributed by atoms with Gasteiger partial charge in [0.1, 0.15) is 11.5 Å². The van der Waals surface area contributed by atoms with E-state index in [-0.39, 0.29) is 12.3 Å². The molecule has 158 valence electrons. The van der Waals surface area contributed by atoms with Crippen LogP contribution in [0.1, 0.15) is 42.3 Å². The Bertz CT molecular complexity index is 1150. The number of benzene rings is 3. The van der Waals surface area contributed by atoms with Crippen molar-refractivity contribution < 1.29 is 9.47 Å². The van der Waals surface area contributed by atoms with Gasteiger partial charge in [-0.2, -0.15) is 5.10 Å². The van der Waals surface area contributed by atoms with Crippen LogP contribution in [-0.2, 0) is 0 Å². The molecule has 2 heterocycles. The standard InChI is InChI=1S/C24H19Br2ClN2O2/c1-2-30-18-9-5-15(6-10-18)24-29-22(19-11-16(25)12-20(26)23(19)31-24)13-21(28-29)14-3-7-17(27)8-4-14/h3-12,22,24H,2,13H2,1H3/t22-,24-/m0/s1. The van der Waals surface area contributed by atoms with Crippen LogP contribution in [-0.4, -0.2) is 17.3 Å². The molecule has 2 aliphatic heterocycles. The lowest BCUT2D eigenvalue weighted by atomic mass is 9.96. The Hall–Kier alpha value is -2.02. The highest BCUT2D eigenvalue weighted by Crippen LogP contribution is 2.50. The number of rotatable bonds is 4. The second-order valence-corrected chi connectivity index (χ2v) is 9.64. The van der Waals surface area contributed by atoms with Crippen LogP contribution in [0.2, 0.25) is 5.02 Å². The molecule has 0 fully saturated rings. The number of hydrogen-bond acceptors (Lipinski definition) is 4. The van der Waals surface area contributed by atoms with Crippen molar-refractivity contribution in [3.8, 4) is 11.5 Å². The van der Waals surface area contributed by atoms with E-state index in [1.807, 2.05) is 61.5 Å². The van der Waals surface area contributed by atoms with Gasteiger partial charge in [-0.05, 0) is 76.9 Å². The molecule has 0 unspecified atom stereocenters. The van der Waals surface area contributed by atoms with Crippen LogP contribution >= 0.6 is 43.5 Å². The fraction of sp³-hybridized carbons (Fsp3) is 0.208. The Morgan fingerprint density at radius 2 is 1.84 bits per heavy atom. The number of hydrogen-bond donors (Lipinski definition) is 0. The summed E-state index contributed by atoms with van der Waals surface area (Å²) in [4.78, 5) is 0. The van der Waals surface area contributed by atoms with Crippen LogP contribution < -0.4 is 9.47 Å². The second-order valence-electron chi connectivity index (χ2n) is 7.43. The van der Waals surface area contributed by atoms with Gasteiger partial charge in [0.15, 0.2) is 0 Å². The normalized spacial score (nSPS) is 19.4. The molecule has 0 aromatic heterocycles. The molecule has 0 spiro atoms. The highest BCUT2D eigenvalue weighted by atomic mass is 79.9. The van der Waals surface area contributed by atoms with E-state index in [4.69, 9.17) is 26.2 Å². The van der Waals surface area contributed by atoms with Crippen LogP contribution in [0.4, 0.5) is 0 Å². The van der Waals surface area contributed by atoms with Gasteiger partial charge in [0, 0.05) is 27.0 Å². The van der Waals surface area contributed by atoms with Crippen molar-refractivity contribution in [2.75, 3.05) is 6.61 Å². The number of nitrogens with zero attached hydrogens (tertiary/aromatic N) is 2. The molecule has 4 nitrogen and oxygen atoms in total. The minimum Gasteiger partial charge on any atom is -0.494 e. The van der Waals surface area contributed by atoms with E-state index in [1.54, 1.807) is 0 Å². The first kappa shape index (κ1) is 20.9. The summed E-state index contributed by atoms with van der Waals surface area (Å²) in [6.45, 7) is 2.62. The lowest BCUT2D eigenvalue weighted by Crippen LogP contribution is -2.33. The van der Waals surface area contributed by atoms with Crippen molar-refractivity contribution in [1.29, 1.82) is 0 Å². The number of halogens is 3. The minimum absolute atomic E-state index is 0.0693. The molecule has 0 bridgehead atoms. The molecule has 3 aromatic rings. The first-order chi connectivity index (χ1) is 15.0. The third kappa shape index (κ3) is 3.97. The molecular weight excluding hydrogens is 544 g/mol. The lowest BCUT2D eigenvalue weighted by molar-refractivity contribution is -0.0197. The number of hydrazone groups is 1. The van der Waals surface area contributed by atoms with Gasteiger partial charge in [0.2, 0.25) is 6.23 Å². The van der Waals surface area contributed by atoms with E-state index in [0.717, 1.165) is 49.3 Å². The van der Waals surface area contributed by atoms with E-state index in [9.17, 15) is 0 Å². The molecule has 0 radical (unpaired) electrons. The molecule has 0 saturated carbocycles. The summed E-state index contributed by atoms with van der Waals surface area (Å²) in [5, 5.41) is 7.79. The Morgan fingerprint density at radius 3 is 2.55 bits per heavy atom. The van der Waals surface area contributed by atoms with E-state index in [0.29, 0.717) is 11.6 Å². The molecule has 31 heavy (non-hydrogen) atoms. The van der Waals surface area contributed by atoms with Gasteiger partial charge in [-0.25, -0.2) is 5.01 Å². The molecule has 0 aliphatic carbocycles. The van der Waals surface area contributed by atoms with Crippen LogP contribution in [0.15, 0.2) is 74.7 Å². The van der Waals surface area contributed by atoms with Crippen molar-refractivity contribution in [2.24, 2.45) is 5.10 Å². The molecule has 2 aliphatic rings. The fourth-order valence-electron chi connectivity index (χ4n) is 4.05. The van der Waals surface area contributed by atoms with Gasteiger partial charge in [-0.1, -0.05) is 39.7 Å². The van der Waals surface area contributed by atoms with Crippen molar-refractivity contribution in [3.05, 3.63) is 91.3 Å². The SMILES string of the molecule is CCOc1ccc([C@@H]2Oc3c(Br)cc(Br)cc3[C@@H]3CC(c4ccc(Cl)cc4)=NN32)cc1. The van der Waals surface area contributed by atoms with Crippen LogP contribution in [0, 0.1) is 0 Å². The lowest BCUT2D eigenvalue weighted by Gasteiger charge is -2.38. The maximum absolute atomic E-state index is 6.51. The summed E-state index contributed by atoms with van der Waals surface area (Å²) in [7, 11) is 0. The molecular formula is C24H19Br2ClN2O2. The maximum atomic E-state index is 6.51. The van der Waals surface area contributed by atoms with Gasteiger partial charge in [-0.15, -0.1) is 0 Å². The van der Waals surface area contributed by atoms with Gasteiger partial charge in [-0.3, -0.25) is 0 Å². The van der Waals surface area contributed by atoms with E-state index in [1.165, 1.54) is 0 Å². The summed E-state index contributed by atoms with van der Waals surface area (Å²) in [5.74, 6) is 1.70. The third-order valence-corrected chi connectivity index (χ3v) is 6.76. The Kier molecular flexibility index (Phi) is 5.71. The molecule has 5 rings (SSSR count). The first-order valence-corrected chi connectivity index (χ1v) is 12.0. The number of ether oxygens (including phenoxy) is 2. The summed E-state index contributed by atoms with van der Waals surface area (Å²) >= 11 is 13.4. The van der Waals surface area contributed by atoms with Gasteiger partial charge < -0.3 is 9.47 Å². The molecule has 0 amide bonds. The Balaban J connectivity index is 1.58. The van der Waals surface area contributed by atoms with Crippen molar-refractivity contribution in [1.82, 2.24) is 5.01 Å². The zero-order valence-corrected chi connectivity index (χ0v) is 20.6. The Morgan fingerprint density at radius 1 is 1.10 bits per heavy atom. The minimum atomic E-state index is -0.338. The van der Waals surface area contributed by atoms with E-state index in [2.05, 4.69) is 42.9 Å². The van der Waals surface area contributed by atoms with E-state index >= 15 is 0 Å². The topological polar surface area (TPSA) is 34.1 Å². The van der Waals surface area contributed by atoms with Crippen LogP contribution in [0.25, 0.3) is 0 Å². The van der Waals surface area contributed by atoms with Crippen LogP contribution in [0.5, 0.6) is 11.5 Å². The first-order valence-electron chi connectivity index (χ1n) is 10.0. The van der Waals surface area contributed by atoms with E-state index < -0.39 is 0 Å². The second kappa shape index (κ2) is 8.49. The fourth-order valence-corrected chi connectivity index (χ4v) is 5.52. The van der Waals surface area contributed by atoms with Gasteiger partial charge in [0.05, 0.1) is 22.8 Å². The molecule has 0 saturated heterocycles. The third-order valence-electron chi connectivity index (χ3n) is 5.46. The van der Waals surface area contributed by atoms with Gasteiger partial charge in [0.25, 0.3) is 0 Å². The zero-order valence-electron chi connectivity index (χ0n) is 16.7. The number of fused-ring (bicyclic) bond motifs is 3. The highest BCUT2D eigenvalue weighted by molar-refractivity contribution is 9.11. The predicted octanol–water partition coefficient (Wildman–Crippen LogP) is 7.51. The molecule has 3 aromatic carbocycles. The molecule has 0 N–H and O–H groups in total. The predicted molar refractivity (Wildman–Crippen MR) is 130 cm³/mol. The zero-order chi connectivity index (χ0) is 21.5. The maximum Gasteiger partial charge on any atom is 0.213 e. The van der Waals surface area contributed by atoms with Crippen molar-refractivity contribution >= 4 is 49.2 Å². The monoisotopic (exact) mass is 560 g/mol. The average Bonchev–Trinajstić information content (AvgIpc) is 3.20. The summed E-state index contributed by atoms with van der Waals surface area (Å²) in [6.07, 6.45) is 0.449.